The van der Waals surface area contributed by atoms with Gasteiger partial charge in [0, 0.05) is 10.4 Å². The maximum absolute atomic E-state index is 12.8. The SMILES string of the molecule is Cc1sc(C(C)N)nc1-c1ccc(F)cc1.Cl. The Labute approximate surface area is 110 Å². The fourth-order valence-corrected chi connectivity index (χ4v) is 2.38. The average Bonchev–Trinajstić information content (AvgIpc) is 2.62. The molecule has 0 radical (unpaired) electrons. The first kappa shape index (κ1) is 14.1. The van der Waals surface area contributed by atoms with Gasteiger partial charge < -0.3 is 5.73 Å². The Morgan fingerprint density at radius 2 is 1.88 bits per heavy atom. The summed E-state index contributed by atoms with van der Waals surface area (Å²) in [5.41, 5.74) is 7.62. The number of thiazole rings is 1. The zero-order valence-electron chi connectivity index (χ0n) is 9.61. The van der Waals surface area contributed by atoms with Crippen molar-refractivity contribution in [2.24, 2.45) is 5.73 Å². The van der Waals surface area contributed by atoms with Crippen LogP contribution in [-0.2, 0) is 0 Å². The molecule has 1 aromatic heterocycles. The Bertz CT molecular complexity index is 494. The molecule has 2 nitrogen and oxygen atoms in total. The first-order valence-electron chi connectivity index (χ1n) is 5.07. The highest BCUT2D eigenvalue weighted by Crippen LogP contribution is 2.29. The Hall–Kier alpha value is -0.970. The maximum Gasteiger partial charge on any atom is 0.123 e. The Morgan fingerprint density at radius 3 is 2.35 bits per heavy atom. The number of halogens is 2. The minimum Gasteiger partial charge on any atom is -0.322 e. The molecule has 0 fully saturated rings. The van der Waals surface area contributed by atoms with Crippen molar-refractivity contribution < 1.29 is 4.39 Å². The van der Waals surface area contributed by atoms with Gasteiger partial charge in [0.2, 0.25) is 0 Å². The van der Waals surface area contributed by atoms with Crippen LogP contribution in [0.2, 0.25) is 0 Å². The van der Waals surface area contributed by atoms with Gasteiger partial charge in [-0.05, 0) is 38.1 Å². The fraction of sp³-hybridized carbons (Fsp3) is 0.250. The van der Waals surface area contributed by atoms with E-state index in [0.717, 1.165) is 21.1 Å². The van der Waals surface area contributed by atoms with Crippen LogP contribution in [0.1, 0.15) is 22.9 Å². The van der Waals surface area contributed by atoms with E-state index in [0.29, 0.717) is 0 Å². The third kappa shape index (κ3) is 3.03. The topological polar surface area (TPSA) is 38.9 Å². The number of aromatic nitrogens is 1. The molecule has 2 aromatic rings. The van der Waals surface area contributed by atoms with Gasteiger partial charge in [-0.25, -0.2) is 9.37 Å². The second kappa shape index (κ2) is 5.58. The molecule has 5 heteroatoms. The van der Waals surface area contributed by atoms with Crippen molar-refractivity contribution in [3.05, 3.63) is 40.0 Å². The number of hydrogen-bond donors (Lipinski definition) is 1. The lowest BCUT2D eigenvalue weighted by molar-refractivity contribution is 0.628. The third-order valence-corrected chi connectivity index (χ3v) is 3.49. The number of rotatable bonds is 2. The first-order valence-corrected chi connectivity index (χ1v) is 5.88. The van der Waals surface area contributed by atoms with Gasteiger partial charge in [0.1, 0.15) is 10.8 Å². The zero-order valence-corrected chi connectivity index (χ0v) is 11.2. The summed E-state index contributed by atoms with van der Waals surface area (Å²) in [5, 5.41) is 0.914. The van der Waals surface area contributed by atoms with E-state index in [2.05, 4.69) is 4.98 Å². The molecule has 1 aromatic carbocycles. The average molecular weight is 273 g/mol. The summed E-state index contributed by atoms with van der Waals surface area (Å²) >= 11 is 1.59. The number of nitrogens with two attached hydrogens (primary N) is 1. The normalized spacial score (nSPS) is 12.0. The monoisotopic (exact) mass is 272 g/mol. The van der Waals surface area contributed by atoms with Gasteiger partial charge >= 0.3 is 0 Å². The van der Waals surface area contributed by atoms with Crippen molar-refractivity contribution in [1.82, 2.24) is 4.98 Å². The summed E-state index contributed by atoms with van der Waals surface area (Å²) in [5.74, 6) is -0.232. The predicted molar refractivity (Wildman–Crippen MR) is 72.1 cm³/mol. The summed E-state index contributed by atoms with van der Waals surface area (Å²) in [7, 11) is 0. The molecule has 1 atom stereocenters. The molecule has 0 aliphatic carbocycles. The van der Waals surface area contributed by atoms with Crippen LogP contribution in [0.4, 0.5) is 4.39 Å². The minimum atomic E-state index is -0.232. The van der Waals surface area contributed by atoms with E-state index in [1.165, 1.54) is 12.1 Å². The lowest BCUT2D eigenvalue weighted by atomic mass is 10.1. The van der Waals surface area contributed by atoms with Crippen molar-refractivity contribution in [2.75, 3.05) is 0 Å². The van der Waals surface area contributed by atoms with Crippen LogP contribution < -0.4 is 5.73 Å². The second-order valence-corrected chi connectivity index (χ2v) is 4.99. The van der Waals surface area contributed by atoms with Crippen LogP contribution >= 0.6 is 23.7 Å². The lowest BCUT2D eigenvalue weighted by Gasteiger charge is -1.99. The first-order chi connectivity index (χ1) is 7.58. The van der Waals surface area contributed by atoms with Gasteiger partial charge in [-0.15, -0.1) is 23.7 Å². The molecular weight excluding hydrogens is 259 g/mol. The van der Waals surface area contributed by atoms with Crippen LogP contribution in [0.15, 0.2) is 24.3 Å². The van der Waals surface area contributed by atoms with Crippen LogP contribution in [0.3, 0.4) is 0 Å². The van der Waals surface area contributed by atoms with Gasteiger partial charge in [0.25, 0.3) is 0 Å². The van der Waals surface area contributed by atoms with E-state index in [1.54, 1.807) is 23.5 Å². The molecule has 0 aliphatic rings. The highest BCUT2D eigenvalue weighted by Gasteiger charge is 2.12. The molecule has 1 unspecified atom stereocenters. The molecule has 0 bridgehead atoms. The predicted octanol–water partition coefficient (Wildman–Crippen LogP) is 3.70. The van der Waals surface area contributed by atoms with Crippen LogP contribution in [0.25, 0.3) is 11.3 Å². The van der Waals surface area contributed by atoms with Crippen LogP contribution in [0.5, 0.6) is 0 Å². The molecule has 0 aliphatic heterocycles. The summed E-state index contributed by atoms with van der Waals surface area (Å²) in [6.07, 6.45) is 0. The van der Waals surface area contributed by atoms with Crippen molar-refractivity contribution in [1.29, 1.82) is 0 Å². The van der Waals surface area contributed by atoms with Crippen molar-refractivity contribution in [2.45, 2.75) is 19.9 Å². The van der Waals surface area contributed by atoms with Crippen LogP contribution in [0, 0.1) is 12.7 Å². The van der Waals surface area contributed by atoms with Gasteiger partial charge in [-0.2, -0.15) is 0 Å². The van der Waals surface area contributed by atoms with Crippen molar-refractivity contribution in [3.63, 3.8) is 0 Å². The zero-order chi connectivity index (χ0) is 11.7. The molecule has 92 valence electrons. The number of benzene rings is 1. The molecule has 0 amide bonds. The Kier molecular flexibility index (Phi) is 4.62. The summed E-state index contributed by atoms with van der Waals surface area (Å²) in [4.78, 5) is 5.59. The quantitative estimate of drug-likeness (QED) is 0.905. The molecule has 0 spiro atoms. The Morgan fingerprint density at radius 1 is 1.29 bits per heavy atom. The molecular formula is C12H14ClFN2S. The van der Waals surface area contributed by atoms with Gasteiger partial charge in [-0.3, -0.25) is 0 Å². The summed E-state index contributed by atoms with van der Waals surface area (Å²) in [6, 6.07) is 6.31. The molecule has 0 saturated carbocycles. The summed E-state index contributed by atoms with van der Waals surface area (Å²) in [6.45, 7) is 3.91. The molecule has 0 saturated heterocycles. The van der Waals surface area contributed by atoms with E-state index < -0.39 is 0 Å². The second-order valence-electron chi connectivity index (χ2n) is 3.75. The van der Waals surface area contributed by atoms with E-state index in [4.69, 9.17) is 5.73 Å². The van der Waals surface area contributed by atoms with E-state index in [-0.39, 0.29) is 24.3 Å². The molecule has 2 rings (SSSR count). The summed E-state index contributed by atoms with van der Waals surface area (Å²) < 4.78 is 12.8. The minimum absolute atomic E-state index is 0. The van der Waals surface area contributed by atoms with E-state index in [1.807, 2.05) is 13.8 Å². The molecule has 17 heavy (non-hydrogen) atoms. The third-order valence-electron chi connectivity index (χ3n) is 2.32. The highest BCUT2D eigenvalue weighted by atomic mass is 35.5. The standard InChI is InChI=1S/C12H13FN2S.ClH/c1-7(14)12-15-11(8(2)16-12)9-3-5-10(13)6-4-9;/h3-7H,14H2,1-2H3;1H. The van der Waals surface area contributed by atoms with Crippen molar-refractivity contribution in [3.8, 4) is 11.3 Å². The van der Waals surface area contributed by atoms with E-state index >= 15 is 0 Å². The van der Waals surface area contributed by atoms with Gasteiger partial charge in [0.15, 0.2) is 0 Å². The Balaban J connectivity index is 0.00000144. The van der Waals surface area contributed by atoms with Crippen LogP contribution in [-0.4, -0.2) is 4.98 Å². The molecule has 1 heterocycles. The lowest BCUT2D eigenvalue weighted by Crippen LogP contribution is -2.03. The van der Waals surface area contributed by atoms with E-state index in [9.17, 15) is 4.39 Å². The number of hydrogen-bond acceptors (Lipinski definition) is 3. The number of nitrogens with zero attached hydrogens (tertiary/aromatic N) is 1. The van der Waals surface area contributed by atoms with Gasteiger partial charge in [0.05, 0.1) is 11.7 Å². The smallest absolute Gasteiger partial charge is 0.123 e. The van der Waals surface area contributed by atoms with Gasteiger partial charge in [-0.1, -0.05) is 0 Å². The fourth-order valence-electron chi connectivity index (χ4n) is 1.49. The largest absolute Gasteiger partial charge is 0.322 e. The molecule has 2 N–H and O–H groups in total. The number of aryl methyl sites for hydroxylation is 1. The van der Waals surface area contributed by atoms with Crippen molar-refractivity contribution >= 4 is 23.7 Å². The maximum atomic E-state index is 12.8. The highest BCUT2D eigenvalue weighted by molar-refractivity contribution is 7.12.